The zero-order valence-corrected chi connectivity index (χ0v) is 18.4. The molecule has 1 fully saturated rings. The van der Waals surface area contributed by atoms with Crippen LogP contribution >= 0.6 is 0 Å². The Kier molecular flexibility index (Phi) is 6.71. The van der Waals surface area contributed by atoms with Crippen molar-refractivity contribution in [1.29, 1.82) is 0 Å². The molecule has 3 rings (SSSR count). The Labute approximate surface area is 186 Å². The van der Waals surface area contributed by atoms with Crippen molar-refractivity contribution in [2.45, 2.75) is 57.8 Å². The van der Waals surface area contributed by atoms with E-state index in [0.717, 1.165) is 17.6 Å². The molecule has 0 aromatic heterocycles. The Morgan fingerprint density at radius 1 is 1.00 bits per heavy atom. The van der Waals surface area contributed by atoms with Crippen molar-refractivity contribution in [3.63, 3.8) is 0 Å². The molecule has 1 aliphatic rings. The van der Waals surface area contributed by atoms with E-state index in [9.17, 15) is 23.5 Å². The van der Waals surface area contributed by atoms with Gasteiger partial charge in [-0.05, 0) is 50.9 Å². The second-order valence-corrected chi connectivity index (χ2v) is 8.87. The number of rotatable bonds is 7. The maximum absolute atomic E-state index is 13.8. The first kappa shape index (κ1) is 23.9. The number of nitrogens with one attached hydrogen (secondary N) is 1. The lowest BCUT2D eigenvalue weighted by molar-refractivity contribution is -0.141. The zero-order valence-electron chi connectivity index (χ0n) is 18.4. The van der Waals surface area contributed by atoms with Gasteiger partial charge in [0, 0.05) is 12.0 Å². The van der Waals surface area contributed by atoms with Crippen LogP contribution in [0.5, 0.6) is 0 Å². The van der Waals surface area contributed by atoms with Gasteiger partial charge in [0.1, 0.15) is 17.7 Å². The van der Waals surface area contributed by atoms with E-state index in [0.29, 0.717) is 5.56 Å². The molecule has 1 aliphatic heterocycles. The summed E-state index contributed by atoms with van der Waals surface area (Å²) in [6, 6.07) is 9.07. The number of halogens is 2. The molecule has 1 amide bonds. The fourth-order valence-corrected chi connectivity index (χ4v) is 3.33. The Morgan fingerprint density at radius 3 is 2.03 bits per heavy atom. The van der Waals surface area contributed by atoms with Crippen molar-refractivity contribution in [2.75, 3.05) is 0 Å². The van der Waals surface area contributed by atoms with E-state index in [-0.39, 0.29) is 6.42 Å². The molecule has 0 radical (unpaired) electrons. The Balaban J connectivity index is 1.65. The second-order valence-electron chi connectivity index (χ2n) is 8.87. The van der Waals surface area contributed by atoms with Gasteiger partial charge in [-0.15, -0.1) is 0 Å². The molecule has 0 unspecified atom stereocenters. The molecule has 2 aromatic carbocycles. The molecule has 32 heavy (non-hydrogen) atoms. The summed E-state index contributed by atoms with van der Waals surface area (Å²) in [6.07, 6.45) is -0.590. The van der Waals surface area contributed by atoms with Gasteiger partial charge in [-0.2, -0.15) is 0 Å². The fourth-order valence-electron chi connectivity index (χ4n) is 3.33. The van der Waals surface area contributed by atoms with Crippen LogP contribution in [0, 0.1) is 11.6 Å². The largest absolute Gasteiger partial charge is 0.494 e. The Bertz CT molecular complexity index is 974. The van der Waals surface area contributed by atoms with E-state index < -0.39 is 59.9 Å². The molecular formula is C23H26BF2NO5. The van der Waals surface area contributed by atoms with Crippen LogP contribution in [0.2, 0.25) is 0 Å². The highest BCUT2D eigenvalue weighted by atomic mass is 19.1. The molecule has 2 N–H and O–H groups in total. The predicted molar refractivity (Wildman–Crippen MR) is 115 cm³/mol. The smallest absolute Gasteiger partial charge is 0.480 e. The molecule has 0 spiro atoms. The summed E-state index contributed by atoms with van der Waals surface area (Å²) >= 11 is 0. The highest BCUT2D eigenvalue weighted by molar-refractivity contribution is 6.62. The number of hydrogen-bond donors (Lipinski definition) is 2. The van der Waals surface area contributed by atoms with E-state index in [1.54, 1.807) is 24.3 Å². The Morgan fingerprint density at radius 2 is 1.53 bits per heavy atom. The van der Waals surface area contributed by atoms with Crippen LogP contribution in [-0.2, 0) is 31.7 Å². The highest BCUT2D eigenvalue weighted by Crippen LogP contribution is 2.36. The molecule has 0 bridgehead atoms. The average Bonchev–Trinajstić information content (AvgIpc) is 2.92. The van der Waals surface area contributed by atoms with Gasteiger partial charge in [-0.25, -0.2) is 13.6 Å². The summed E-state index contributed by atoms with van der Waals surface area (Å²) in [5, 5.41) is 11.8. The number of carbonyl (C=O) groups excluding carboxylic acids is 1. The molecule has 0 saturated carbocycles. The van der Waals surface area contributed by atoms with Crippen molar-refractivity contribution in [2.24, 2.45) is 0 Å². The summed E-state index contributed by atoms with van der Waals surface area (Å²) < 4.78 is 39.5. The van der Waals surface area contributed by atoms with E-state index in [1.165, 1.54) is 6.07 Å². The number of aliphatic carboxylic acids is 1. The fraction of sp³-hybridized carbons (Fsp3) is 0.391. The number of benzene rings is 2. The number of carboxylic acids is 1. The first-order chi connectivity index (χ1) is 14.9. The average molecular weight is 445 g/mol. The minimum atomic E-state index is -1.25. The molecular weight excluding hydrogens is 419 g/mol. The van der Waals surface area contributed by atoms with Crippen molar-refractivity contribution < 1.29 is 32.8 Å². The van der Waals surface area contributed by atoms with Crippen LogP contribution in [-0.4, -0.2) is 41.3 Å². The second kappa shape index (κ2) is 9.00. The quantitative estimate of drug-likeness (QED) is 0.641. The van der Waals surface area contributed by atoms with Crippen LogP contribution in [0.3, 0.4) is 0 Å². The SMILES string of the molecule is CC1(C)OB(c2ccc(C[C@H](NC(=O)Cc3c(F)cccc3F)C(=O)O)cc2)OC1(C)C. The van der Waals surface area contributed by atoms with E-state index >= 15 is 0 Å². The molecule has 170 valence electrons. The summed E-state index contributed by atoms with van der Waals surface area (Å²) in [4.78, 5) is 23.9. The lowest BCUT2D eigenvalue weighted by Crippen LogP contribution is -2.43. The maximum atomic E-state index is 13.8. The van der Waals surface area contributed by atoms with Gasteiger partial charge in [-0.3, -0.25) is 4.79 Å². The Hall–Kier alpha value is -2.78. The molecule has 1 heterocycles. The first-order valence-corrected chi connectivity index (χ1v) is 10.3. The molecule has 2 aromatic rings. The number of carboxylic acid groups (broad SMARTS) is 1. The summed E-state index contributed by atoms with van der Waals surface area (Å²) in [5.74, 6) is -3.74. The van der Waals surface area contributed by atoms with Gasteiger partial charge in [0.25, 0.3) is 0 Å². The van der Waals surface area contributed by atoms with Gasteiger partial charge in [-0.1, -0.05) is 30.3 Å². The zero-order chi connectivity index (χ0) is 23.7. The maximum Gasteiger partial charge on any atom is 0.494 e. The lowest BCUT2D eigenvalue weighted by Gasteiger charge is -2.32. The van der Waals surface area contributed by atoms with Crippen LogP contribution in [0.25, 0.3) is 0 Å². The van der Waals surface area contributed by atoms with Crippen LogP contribution < -0.4 is 10.8 Å². The van der Waals surface area contributed by atoms with Gasteiger partial charge < -0.3 is 19.7 Å². The molecule has 1 atom stereocenters. The predicted octanol–water partition coefficient (Wildman–Crippen LogP) is 2.62. The van der Waals surface area contributed by atoms with Gasteiger partial charge in [0.15, 0.2) is 0 Å². The van der Waals surface area contributed by atoms with E-state index in [2.05, 4.69) is 5.32 Å². The standard InChI is InChI=1S/C23H26BF2NO5/c1-22(2)23(3,4)32-24(31-22)15-10-8-14(9-11-15)12-19(21(29)30)27-20(28)13-16-17(25)6-5-7-18(16)26/h5-11,19H,12-13H2,1-4H3,(H,27,28)(H,29,30)/t19-/m0/s1. The third-order valence-corrected chi connectivity index (χ3v) is 5.98. The highest BCUT2D eigenvalue weighted by Gasteiger charge is 2.51. The van der Waals surface area contributed by atoms with E-state index in [4.69, 9.17) is 9.31 Å². The topological polar surface area (TPSA) is 84.9 Å². The molecule has 6 nitrogen and oxygen atoms in total. The van der Waals surface area contributed by atoms with Crippen molar-refractivity contribution in [1.82, 2.24) is 5.32 Å². The van der Waals surface area contributed by atoms with Crippen LogP contribution in [0.15, 0.2) is 42.5 Å². The minimum Gasteiger partial charge on any atom is -0.480 e. The third-order valence-electron chi connectivity index (χ3n) is 5.98. The lowest BCUT2D eigenvalue weighted by atomic mass is 9.78. The molecule has 9 heteroatoms. The monoisotopic (exact) mass is 445 g/mol. The van der Waals surface area contributed by atoms with Gasteiger partial charge in [0.05, 0.1) is 17.6 Å². The molecule has 1 saturated heterocycles. The van der Waals surface area contributed by atoms with Crippen LogP contribution in [0.4, 0.5) is 8.78 Å². The number of carbonyl (C=O) groups is 2. The summed E-state index contributed by atoms with van der Waals surface area (Å²) in [5.41, 5.74) is 0.0914. The first-order valence-electron chi connectivity index (χ1n) is 10.3. The number of hydrogen-bond acceptors (Lipinski definition) is 4. The third kappa shape index (κ3) is 5.16. The van der Waals surface area contributed by atoms with Gasteiger partial charge in [0.2, 0.25) is 5.91 Å². The number of amides is 1. The summed E-state index contributed by atoms with van der Waals surface area (Å²) in [6.45, 7) is 7.81. The summed E-state index contributed by atoms with van der Waals surface area (Å²) in [7, 11) is -0.542. The van der Waals surface area contributed by atoms with Crippen molar-refractivity contribution >= 4 is 24.5 Å². The minimum absolute atomic E-state index is 0.00444. The van der Waals surface area contributed by atoms with Crippen molar-refractivity contribution in [3.8, 4) is 0 Å². The van der Waals surface area contributed by atoms with E-state index in [1.807, 2.05) is 27.7 Å². The molecule has 0 aliphatic carbocycles. The normalized spacial score (nSPS) is 17.8. The van der Waals surface area contributed by atoms with Crippen molar-refractivity contribution in [3.05, 3.63) is 65.2 Å². The van der Waals surface area contributed by atoms with Gasteiger partial charge >= 0.3 is 13.1 Å². The van der Waals surface area contributed by atoms with Crippen LogP contribution in [0.1, 0.15) is 38.8 Å².